The van der Waals surface area contributed by atoms with E-state index in [9.17, 15) is 19.8 Å². The van der Waals surface area contributed by atoms with E-state index in [2.05, 4.69) is 92.9 Å². The first-order valence-electron chi connectivity index (χ1n) is 16.8. The molecule has 0 saturated carbocycles. The smallest absolute Gasteiger partial charge is 0.220 e. The van der Waals surface area contributed by atoms with Gasteiger partial charge in [-0.05, 0) is 28.2 Å². The summed E-state index contributed by atoms with van der Waals surface area (Å²) in [6, 6.07) is 16.6. The molecule has 6 N–H and O–H groups in total. The molecule has 2 aromatic carbocycles. The molecule has 0 aliphatic heterocycles. The summed E-state index contributed by atoms with van der Waals surface area (Å²) in [6.07, 6.45) is 4.26. The summed E-state index contributed by atoms with van der Waals surface area (Å²) < 4.78 is 0. The first-order valence-corrected chi connectivity index (χ1v) is 16.8. The zero-order chi connectivity index (χ0) is 35.1. The first kappa shape index (κ1) is 36.6. The number of nitrogens with zero attached hydrogens (tertiary/aromatic N) is 2. The van der Waals surface area contributed by atoms with Gasteiger partial charge in [0.15, 0.2) is 0 Å². The Kier molecular flexibility index (Phi) is 12.0. The highest BCUT2D eigenvalue weighted by Crippen LogP contribution is 2.30. The number of aromatic nitrogens is 4. The van der Waals surface area contributed by atoms with Gasteiger partial charge in [0.2, 0.25) is 11.8 Å². The molecule has 10 nitrogen and oxygen atoms in total. The number of imidazole rings is 2. The fourth-order valence-corrected chi connectivity index (χ4v) is 5.24. The Morgan fingerprint density at radius 2 is 1.06 bits per heavy atom. The number of H-pyrrole nitrogens is 2. The van der Waals surface area contributed by atoms with Crippen LogP contribution in [0.5, 0.6) is 0 Å². The lowest BCUT2D eigenvalue weighted by Crippen LogP contribution is -2.37. The van der Waals surface area contributed by atoms with Crippen molar-refractivity contribution < 1.29 is 19.8 Å². The molecule has 4 rings (SSSR count). The van der Waals surface area contributed by atoms with Crippen LogP contribution in [0.1, 0.15) is 84.8 Å². The number of carbonyl (C=O) groups excluding carboxylic acids is 2. The zero-order valence-corrected chi connectivity index (χ0v) is 29.4. The minimum atomic E-state index is -0.362. The molecule has 0 bridgehead atoms. The summed E-state index contributed by atoms with van der Waals surface area (Å²) in [5.41, 5.74) is 5.26. The van der Waals surface area contributed by atoms with E-state index in [0.717, 1.165) is 45.3 Å². The maximum absolute atomic E-state index is 12.7. The number of hydrogen-bond acceptors (Lipinski definition) is 6. The van der Waals surface area contributed by atoms with Crippen LogP contribution in [-0.4, -0.2) is 68.3 Å². The molecule has 0 spiro atoms. The molecule has 0 radical (unpaired) electrons. The molecule has 2 amide bonds. The Morgan fingerprint density at radius 1 is 0.667 bits per heavy atom. The lowest BCUT2D eigenvalue weighted by Gasteiger charge is -2.23. The van der Waals surface area contributed by atoms with Crippen LogP contribution in [0.15, 0.2) is 60.9 Å². The Bertz CT molecular complexity index is 1640. The van der Waals surface area contributed by atoms with Gasteiger partial charge in [-0.3, -0.25) is 9.59 Å². The third-order valence-electron chi connectivity index (χ3n) is 8.82. The number of aromatic amines is 2. The van der Waals surface area contributed by atoms with Gasteiger partial charge >= 0.3 is 0 Å². The van der Waals surface area contributed by atoms with Gasteiger partial charge in [0.25, 0.3) is 0 Å². The van der Waals surface area contributed by atoms with E-state index in [1.807, 2.05) is 40.8 Å². The molecule has 2 atom stereocenters. The van der Waals surface area contributed by atoms with Gasteiger partial charge in [0.05, 0.1) is 23.8 Å². The number of nitrogens with one attached hydrogen (secondary N) is 4. The van der Waals surface area contributed by atoms with Crippen molar-refractivity contribution >= 4 is 11.8 Å². The minimum Gasteiger partial charge on any atom is -0.396 e. The fraction of sp³-hybridized carbons (Fsp3) is 0.474. The highest BCUT2D eigenvalue weighted by molar-refractivity contribution is 5.77. The average molecular weight is 657 g/mol. The van der Waals surface area contributed by atoms with Gasteiger partial charge in [-0.1, -0.05) is 97.0 Å². The van der Waals surface area contributed by atoms with E-state index in [1.165, 1.54) is 0 Å². The fourth-order valence-electron chi connectivity index (χ4n) is 5.24. The van der Waals surface area contributed by atoms with Crippen LogP contribution < -0.4 is 10.6 Å². The van der Waals surface area contributed by atoms with Crippen LogP contribution in [0.2, 0.25) is 0 Å². The monoisotopic (exact) mass is 656 g/mol. The number of carbonyl (C=O) groups is 2. The first-order chi connectivity index (χ1) is 22.7. The summed E-state index contributed by atoms with van der Waals surface area (Å²) in [6.45, 7) is 14.7. The normalized spacial score (nSPS) is 13.4. The molecule has 0 aliphatic rings. The summed E-state index contributed by atoms with van der Waals surface area (Å²) >= 11 is 0. The summed E-state index contributed by atoms with van der Waals surface area (Å²) in [5, 5.41) is 24.8. The third-order valence-corrected chi connectivity index (χ3v) is 8.82. The molecule has 10 heteroatoms. The lowest BCUT2D eigenvalue weighted by atomic mass is 9.90. The Labute approximate surface area is 284 Å². The van der Waals surface area contributed by atoms with Gasteiger partial charge < -0.3 is 30.8 Å². The Balaban J connectivity index is 1.36. The van der Waals surface area contributed by atoms with E-state index in [-0.39, 0.29) is 53.6 Å². The highest BCUT2D eigenvalue weighted by atomic mass is 16.3. The molecule has 2 aromatic heterocycles. The predicted octanol–water partition coefficient (Wildman–Crippen LogP) is 6.03. The average Bonchev–Trinajstić information content (AvgIpc) is 3.77. The number of hydrogen-bond donors (Lipinski definition) is 6. The molecule has 0 fully saturated rings. The van der Waals surface area contributed by atoms with Crippen molar-refractivity contribution in [3.05, 3.63) is 72.6 Å². The van der Waals surface area contributed by atoms with Crippen molar-refractivity contribution in [1.29, 1.82) is 0 Å². The van der Waals surface area contributed by atoms with Crippen molar-refractivity contribution in [2.75, 3.05) is 26.3 Å². The number of amides is 2. The molecule has 4 aromatic rings. The van der Waals surface area contributed by atoms with Gasteiger partial charge in [0, 0.05) is 61.8 Å². The van der Waals surface area contributed by atoms with Crippen molar-refractivity contribution in [2.24, 2.45) is 16.7 Å². The second-order valence-corrected chi connectivity index (χ2v) is 14.9. The molecule has 0 aliphatic carbocycles. The molecule has 2 heterocycles. The third kappa shape index (κ3) is 9.87. The number of rotatable bonds is 16. The van der Waals surface area contributed by atoms with E-state index in [0.29, 0.717) is 25.9 Å². The Morgan fingerprint density at radius 3 is 1.50 bits per heavy atom. The maximum Gasteiger partial charge on any atom is 0.220 e. The van der Waals surface area contributed by atoms with Crippen LogP contribution in [0.25, 0.3) is 33.6 Å². The van der Waals surface area contributed by atoms with Gasteiger partial charge in [-0.2, -0.15) is 0 Å². The summed E-state index contributed by atoms with van der Waals surface area (Å²) in [4.78, 5) is 41.1. The van der Waals surface area contributed by atoms with Gasteiger partial charge in [0.1, 0.15) is 11.6 Å². The quantitative estimate of drug-likeness (QED) is 0.0866. The number of aliphatic hydroxyl groups excluding tert-OH is 2. The maximum atomic E-state index is 12.7. The van der Waals surface area contributed by atoms with Crippen LogP contribution in [-0.2, 0) is 9.59 Å². The summed E-state index contributed by atoms with van der Waals surface area (Å²) in [7, 11) is 0. The van der Waals surface area contributed by atoms with Crippen LogP contribution in [0, 0.1) is 16.7 Å². The van der Waals surface area contributed by atoms with E-state index < -0.39 is 0 Å². The second kappa shape index (κ2) is 15.7. The SMILES string of the molecule is CC(C)[C@H](CC(=O)NCC(C)(C)CO)c1ncc(-c2ccc(-c3ccc(-c4cnc([C@H](C)CC(=O)NCC(C)(C)CO)[nH]4)cc3)cc2)[nH]1. The number of benzene rings is 2. The minimum absolute atomic E-state index is 0.00869. The van der Waals surface area contributed by atoms with E-state index in [4.69, 9.17) is 0 Å². The molecular formula is C38H52N6O4. The number of aliphatic hydroxyl groups is 2. The molecule has 0 unspecified atom stereocenters. The standard InChI is InChI=1S/C38H52N6O4/c1-24(2)30(17-34(48)42-21-38(6,7)23-46)36-40-19-32(44-36)29-14-10-27(11-15-29)26-8-12-28(13-9-26)31-18-39-35(43-31)25(3)16-33(47)41-20-37(4,5)22-45/h8-15,18-19,24-25,30,45-46H,16-17,20-23H2,1-7H3,(H,39,43)(H,40,44)(H,41,47)(H,42,48)/t25-,30+/m1/s1. The molecule has 0 saturated heterocycles. The molecule has 48 heavy (non-hydrogen) atoms. The highest BCUT2D eigenvalue weighted by Gasteiger charge is 2.25. The van der Waals surface area contributed by atoms with Gasteiger partial charge in [-0.25, -0.2) is 9.97 Å². The van der Waals surface area contributed by atoms with Crippen LogP contribution in [0.4, 0.5) is 0 Å². The van der Waals surface area contributed by atoms with Crippen LogP contribution in [0.3, 0.4) is 0 Å². The largest absolute Gasteiger partial charge is 0.396 e. The predicted molar refractivity (Wildman–Crippen MR) is 190 cm³/mol. The summed E-state index contributed by atoms with van der Waals surface area (Å²) in [5.74, 6) is 1.51. The van der Waals surface area contributed by atoms with Crippen molar-refractivity contribution in [1.82, 2.24) is 30.6 Å². The van der Waals surface area contributed by atoms with E-state index in [1.54, 1.807) is 6.20 Å². The topological polar surface area (TPSA) is 156 Å². The van der Waals surface area contributed by atoms with Crippen molar-refractivity contribution in [2.45, 2.75) is 73.1 Å². The zero-order valence-electron chi connectivity index (χ0n) is 29.4. The molecule has 258 valence electrons. The van der Waals surface area contributed by atoms with Crippen molar-refractivity contribution in [3.8, 4) is 33.6 Å². The Hall–Kier alpha value is -4.28. The lowest BCUT2D eigenvalue weighted by molar-refractivity contribution is -0.123. The van der Waals surface area contributed by atoms with Crippen LogP contribution >= 0.6 is 0 Å². The second-order valence-electron chi connectivity index (χ2n) is 14.9. The van der Waals surface area contributed by atoms with Gasteiger partial charge in [-0.15, -0.1) is 0 Å². The molecular weight excluding hydrogens is 604 g/mol. The van der Waals surface area contributed by atoms with E-state index >= 15 is 0 Å². The van der Waals surface area contributed by atoms with Crippen molar-refractivity contribution in [3.63, 3.8) is 0 Å².